The van der Waals surface area contributed by atoms with Gasteiger partial charge in [-0.2, -0.15) is 0 Å². The van der Waals surface area contributed by atoms with Gasteiger partial charge in [-0.15, -0.1) is 0 Å². The second-order valence-electron chi connectivity index (χ2n) is 11.0. The molecular formula is C30H36N6O6. The number of benzene rings is 2. The Morgan fingerprint density at radius 3 is 2.45 bits per heavy atom. The van der Waals surface area contributed by atoms with Crippen molar-refractivity contribution in [3.05, 3.63) is 65.4 Å². The molecule has 1 aliphatic rings. The number of hydrogen-bond donors (Lipinski definition) is 6. The third-order valence-electron chi connectivity index (χ3n) is 7.22. The van der Waals surface area contributed by atoms with E-state index in [1.165, 1.54) is 4.90 Å². The number of rotatable bonds is 10. The minimum Gasteiger partial charge on any atom is -0.481 e. The van der Waals surface area contributed by atoms with Crippen molar-refractivity contribution >= 4 is 46.3 Å². The Morgan fingerprint density at radius 1 is 1.05 bits per heavy atom. The van der Waals surface area contributed by atoms with E-state index in [0.29, 0.717) is 5.69 Å². The molecule has 0 aliphatic carbocycles. The van der Waals surface area contributed by atoms with E-state index in [1.54, 1.807) is 6.07 Å². The maximum atomic E-state index is 13.9. The van der Waals surface area contributed by atoms with Crippen molar-refractivity contribution < 1.29 is 29.1 Å². The number of aromatic amines is 1. The van der Waals surface area contributed by atoms with Gasteiger partial charge in [-0.25, -0.2) is 4.79 Å². The zero-order chi connectivity index (χ0) is 30.6. The van der Waals surface area contributed by atoms with Gasteiger partial charge in [0.05, 0.1) is 13.0 Å². The van der Waals surface area contributed by atoms with E-state index in [1.807, 2.05) is 63.2 Å². The van der Waals surface area contributed by atoms with Crippen LogP contribution >= 0.6 is 0 Å². The number of fused-ring (bicyclic) bond motifs is 3. The molecule has 0 radical (unpaired) electrons. The van der Waals surface area contributed by atoms with E-state index in [2.05, 4.69) is 20.9 Å². The lowest BCUT2D eigenvalue weighted by molar-refractivity contribution is -0.140. The van der Waals surface area contributed by atoms with Crippen LogP contribution in [0.4, 0.5) is 10.5 Å². The van der Waals surface area contributed by atoms with Gasteiger partial charge in [-0.05, 0) is 48.6 Å². The smallest absolute Gasteiger partial charge is 0.322 e. The number of aryl methyl sites for hydroxylation is 1. The van der Waals surface area contributed by atoms with Crippen LogP contribution in [0.5, 0.6) is 0 Å². The van der Waals surface area contributed by atoms with Gasteiger partial charge >= 0.3 is 12.0 Å². The zero-order valence-corrected chi connectivity index (χ0v) is 23.8. The van der Waals surface area contributed by atoms with Gasteiger partial charge in [0.25, 0.3) is 0 Å². The van der Waals surface area contributed by atoms with Gasteiger partial charge < -0.3 is 36.7 Å². The lowest BCUT2D eigenvalue weighted by Gasteiger charge is -2.35. The summed E-state index contributed by atoms with van der Waals surface area (Å²) in [6, 6.07) is 11.0. The molecule has 12 heteroatoms. The van der Waals surface area contributed by atoms with E-state index in [-0.39, 0.29) is 25.3 Å². The molecule has 1 aromatic heterocycles. The average Bonchev–Trinajstić information content (AvgIpc) is 3.28. The number of nitrogens with two attached hydrogens (primary N) is 1. The fourth-order valence-electron chi connectivity index (χ4n) is 5.21. The number of aromatic nitrogens is 1. The summed E-state index contributed by atoms with van der Waals surface area (Å²) in [5.41, 5.74) is 9.44. The van der Waals surface area contributed by atoms with Crippen molar-refractivity contribution in [1.82, 2.24) is 20.5 Å². The number of urea groups is 1. The Hall–Kier alpha value is -4.87. The molecule has 2 aromatic carbocycles. The Labute approximate surface area is 243 Å². The van der Waals surface area contributed by atoms with E-state index in [4.69, 9.17) is 10.8 Å². The molecule has 1 aliphatic heterocycles. The number of para-hydroxylation sites is 1. The highest BCUT2D eigenvalue weighted by Crippen LogP contribution is 2.31. The molecular weight excluding hydrogens is 540 g/mol. The lowest BCUT2D eigenvalue weighted by Crippen LogP contribution is -2.59. The van der Waals surface area contributed by atoms with Crippen molar-refractivity contribution in [2.75, 3.05) is 5.32 Å². The molecule has 4 rings (SSSR count). The fraction of sp³-hybridized carbons (Fsp3) is 0.367. The first-order valence-electron chi connectivity index (χ1n) is 13.8. The van der Waals surface area contributed by atoms with Crippen LogP contribution < -0.4 is 21.7 Å². The van der Waals surface area contributed by atoms with E-state index in [9.17, 15) is 24.0 Å². The van der Waals surface area contributed by atoms with Crippen LogP contribution in [-0.4, -0.2) is 62.8 Å². The monoisotopic (exact) mass is 576 g/mol. The number of carbonyl (C=O) groups excluding carboxylic acids is 4. The minimum absolute atomic E-state index is 0.0418. The maximum absolute atomic E-state index is 13.9. The van der Waals surface area contributed by atoms with E-state index < -0.39 is 54.3 Å². The van der Waals surface area contributed by atoms with Crippen molar-refractivity contribution in [2.45, 2.75) is 64.7 Å². The lowest BCUT2D eigenvalue weighted by atomic mass is 9.95. The van der Waals surface area contributed by atoms with E-state index in [0.717, 1.165) is 27.7 Å². The van der Waals surface area contributed by atoms with Crippen LogP contribution in [0, 0.1) is 12.8 Å². The molecule has 0 bridgehead atoms. The predicted molar refractivity (Wildman–Crippen MR) is 156 cm³/mol. The first-order valence-corrected chi connectivity index (χ1v) is 13.8. The second kappa shape index (κ2) is 12.8. The summed E-state index contributed by atoms with van der Waals surface area (Å²) in [7, 11) is 0. The quantitative estimate of drug-likeness (QED) is 0.215. The SMILES string of the molecule is Cc1cccc(NC(=O)N2Cc3[nH]c4ccccc4c3C[C@@H]2C(=O)N[C@H](CC(C)C)C(=O)N[C@@H](CC(=O)O)C(N)=O)c1. The van der Waals surface area contributed by atoms with Gasteiger partial charge in [0.15, 0.2) is 0 Å². The van der Waals surface area contributed by atoms with Gasteiger partial charge in [-0.1, -0.05) is 44.2 Å². The minimum atomic E-state index is -1.44. The fourth-order valence-corrected chi connectivity index (χ4v) is 5.21. The summed E-state index contributed by atoms with van der Waals surface area (Å²) in [5, 5.41) is 18.1. The first-order chi connectivity index (χ1) is 19.9. The Kier molecular flexibility index (Phi) is 9.14. The highest BCUT2D eigenvalue weighted by Gasteiger charge is 2.38. The summed E-state index contributed by atoms with van der Waals surface area (Å²) >= 11 is 0. The number of amides is 5. The van der Waals surface area contributed by atoms with Crippen LogP contribution in [0.3, 0.4) is 0 Å². The number of carboxylic acids is 1. The highest BCUT2D eigenvalue weighted by atomic mass is 16.4. The van der Waals surface area contributed by atoms with Crippen molar-refractivity contribution in [1.29, 1.82) is 0 Å². The van der Waals surface area contributed by atoms with Crippen LogP contribution in [0.2, 0.25) is 0 Å². The highest BCUT2D eigenvalue weighted by molar-refractivity contribution is 5.98. The summed E-state index contributed by atoms with van der Waals surface area (Å²) < 4.78 is 0. The molecule has 0 saturated carbocycles. The Morgan fingerprint density at radius 2 is 1.79 bits per heavy atom. The number of nitrogens with zero attached hydrogens (tertiary/aromatic N) is 1. The second-order valence-corrected chi connectivity index (χ2v) is 11.0. The molecule has 0 fully saturated rings. The Balaban J connectivity index is 1.62. The number of primary amides is 1. The number of anilines is 1. The maximum Gasteiger partial charge on any atom is 0.322 e. The van der Waals surface area contributed by atoms with Crippen LogP contribution in [0.1, 0.15) is 43.5 Å². The molecule has 5 amide bonds. The van der Waals surface area contributed by atoms with Crippen molar-refractivity contribution in [3.8, 4) is 0 Å². The molecule has 0 spiro atoms. The summed E-state index contributed by atoms with van der Waals surface area (Å²) in [6.07, 6.45) is -0.287. The van der Waals surface area contributed by atoms with Crippen LogP contribution in [0.15, 0.2) is 48.5 Å². The normalized spacial score (nSPS) is 15.9. The molecule has 0 saturated heterocycles. The standard InChI is InChI=1S/C30H36N6O6/c1-16(2)11-23(28(40)34-22(27(31)39)14-26(37)38)35-29(41)25-13-20-19-9-4-5-10-21(19)33-24(20)15-36(25)30(42)32-18-8-6-7-17(3)12-18/h4-10,12,16,22-23,25,33H,11,13-15H2,1-3H3,(H2,31,39)(H,32,42)(H,34,40)(H,35,41)(H,37,38)/t22-,23+,25+/m0/s1. The number of H-pyrrole nitrogens is 1. The van der Waals surface area contributed by atoms with E-state index >= 15 is 0 Å². The molecule has 12 nitrogen and oxygen atoms in total. The molecule has 2 heterocycles. The summed E-state index contributed by atoms with van der Waals surface area (Å²) in [5.74, 6) is -3.64. The third-order valence-corrected chi connectivity index (χ3v) is 7.22. The average molecular weight is 577 g/mol. The number of carbonyl (C=O) groups is 5. The summed E-state index contributed by atoms with van der Waals surface area (Å²) in [4.78, 5) is 68.4. The molecule has 0 unspecified atom stereocenters. The molecule has 3 atom stereocenters. The molecule has 42 heavy (non-hydrogen) atoms. The van der Waals surface area contributed by atoms with Gasteiger partial charge in [-0.3, -0.25) is 19.2 Å². The summed E-state index contributed by atoms with van der Waals surface area (Å²) in [6.45, 7) is 5.75. The molecule has 7 N–H and O–H groups in total. The third kappa shape index (κ3) is 7.06. The first kappa shape index (κ1) is 30.1. The molecule has 3 aromatic rings. The largest absolute Gasteiger partial charge is 0.481 e. The Bertz CT molecular complexity index is 1510. The molecule has 222 valence electrons. The number of aliphatic carboxylic acids is 1. The van der Waals surface area contributed by atoms with Crippen molar-refractivity contribution in [3.63, 3.8) is 0 Å². The predicted octanol–water partition coefficient (Wildman–Crippen LogP) is 2.41. The topological polar surface area (TPSA) is 187 Å². The number of carboxylic acid groups (broad SMARTS) is 1. The van der Waals surface area contributed by atoms with Gasteiger partial charge in [0, 0.05) is 28.7 Å². The number of hydrogen-bond acceptors (Lipinski definition) is 5. The van der Waals surface area contributed by atoms with Gasteiger partial charge in [0.1, 0.15) is 18.1 Å². The number of nitrogens with one attached hydrogen (secondary N) is 4. The van der Waals surface area contributed by atoms with Crippen molar-refractivity contribution in [2.24, 2.45) is 11.7 Å². The van der Waals surface area contributed by atoms with Crippen LogP contribution in [0.25, 0.3) is 10.9 Å². The van der Waals surface area contributed by atoms with Gasteiger partial charge in [0.2, 0.25) is 17.7 Å². The van der Waals surface area contributed by atoms with Crippen LogP contribution in [-0.2, 0) is 32.1 Å². The zero-order valence-electron chi connectivity index (χ0n) is 23.8.